The lowest BCUT2D eigenvalue weighted by Gasteiger charge is -2.06. The van der Waals surface area contributed by atoms with Crippen molar-refractivity contribution in [2.45, 2.75) is 258 Å². The maximum atomic E-state index is 11.9. The van der Waals surface area contributed by atoms with Gasteiger partial charge in [-0.3, -0.25) is 14.4 Å². The summed E-state index contributed by atoms with van der Waals surface area (Å²) in [5, 5.41) is 6.01. The van der Waals surface area contributed by atoms with Crippen LogP contribution in [0.15, 0.2) is 0 Å². The van der Waals surface area contributed by atoms with Gasteiger partial charge in [-0.2, -0.15) is 0 Å². The van der Waals surface area contributed by atoms with Crippen LogP contribution >= 0.6 is 0 Å². The monoisotopic (exact) mass is 722 g/mol. The lowest BCUT2D eigenvalue weighted by Crippen LogP contribution is -2.25. The molecule has 0 radical (unpaired) electrons. The van der Waals surface area contributed by atoms with Crippen molar-refractivity contribution in [3.63, 3.8) is 0 Å². The Morgan fingerprint density at radius 3 is 0.824 bits per heavy atom. The van der Waals surface area contributed by atoms with Crippen LogP contribution in [-0.2, 0) is 14.4 Å². The second-order valence-electron chi connectivity index (χ2n) is 15.4. The Labute approximate surface area is 319 Å². The molecule has 0 aromatic heterocycles. The Bertz CT molecular complexity index is 715. The van der Waals surface area contributed by atoms with Crippen LogP contribution in [-0.4, -0.2) is 30.8 Å². The molecular formula is C45H91N3O3. The van der Waals surface area contributed by atoms with Gasteiger partial charge >= 0.3 is 0 Å². The van der Waals surface area contributed by atoms with E-state index in [1.807, 2.05) is 0 Å². The van der Waals surface area contributed by atoms with E-state index in [1.165, 1.54) is 180 Å². The topological polar surface area (TPSA) is 101 Å². The predicted octanol–water partition coefficient (Wildman–Crippen LogP) is 13.2. The third-order valence-electron chi connectivity index (χ3n) is 10.0. The van der Waals surface area contributed by atoms with Gasteiger partial charge in [-0.25, -0.2) is 0 Å². The molecule has 3 amide bonds. The maximum absolute atomic E-state index is 11.9. The van der Waals surface area contributed by atoms with Crippen LogP contribution in [0.25, 0.3) is 0 Å². The van der Waals surface area contributed by atoms with E-state index in [1.54, 1.807) is 0 Å². The number of nitrogens with two attached hydrogens (primary N) is 1. The number of unbranched alkanes of at least 4 members (excludes halogenated alkanes) is 30. The van der Waals surface area contributed by atoms with Crippen LogP contribution in [0, 0.1) is 0 Å². The molecule has 51 heavy (non-hydrogen) atoms. The molecule has 0 saturated carbocycles. The van der Waals surface area contributed by atoms with Gasteiger partial charge in [-0.15, -0.1) is 0 Å². The minimum absolute atomic E-state index is 0.155. The zero-order valence-electron chi connectivity index (χ0n) is 34.9. The molecule has 6 heteroatoms. The molecule has 0 aliphatic carbocycles. The summed E-state index contributed by atoms with van der Waals surface area (Å²) in [6, 6.07) is 0. The van der Waals surface area contributed by atoms with Crippen molar-refractivity contribution in [2.24, 2.45) is 5.73 Å². The Kier molecular flexibility index (Phi) is 46.9. The fourth-order valence-corrected chi connectivity index (χ4v) is 6.57. The smallest absolute Gasteiger partial charge is 0.219 e. The average Bonchev–Trinajstić information content (AvgIpc) is 3.12. The Morgan fingerprint density at radius 2 is 0.529 bits per heavy atom. The average molecular weight is 722 g/mol. The van der Waals surface area contributed by atoms with Gasteiger partial charge in [0, 0.05) is 32.4 Å². The molecule has 0 aliphatic heterocycles. The Morgan fingerprint density at radius 1 is 0.314 bits per heavy atom. The minimum atomic E-state index is -0.155. The number of nitrogens with one attached hydrogen (secondary N) is 2. The second-order valence-corrected chi connectivity index (χ2v) is 15.4. The summed E-state index contributed by atoms with van der Waals surface area (Å²) in [6.07, 6.45) is 45.8. The first kappa shape index (κ1) is 51.5. The van der Waals surface area contributed by atoms with E-state index in [0.29, 0.717) is 19.3 Å². The van der Waals surface area contributed by atoms with Crippen molar-refractivity contribution < 1.29 is 14.4 Å². The quantitative estimate of drug-likeness (QED) is 0.0549. The van der Waals surface area contributed by atoms with Crippen molar-refractivity contribution in [1.29, 1.82) is 0 Å². The van der Waals surface area contributed by atoms with Gasteiger partial charge in [0.15, 0.2) is 0 Å². The van der Waals surface area contributed by atoms with Crippen LogP contribution in [0.2, 0.25) is 0 Å². The molecule has 0 spiro atoms. The van der Waals surface area contributed by atoms with Crippen molar-refractivity contribution >= 4 is 17.7 Å². The maximum Gasteiger partial charge on any atom is 0.219 e. The minimum Gasteiger partial charge on any atom is -0.370 e. The molecule has 0 heterocycles. The van der Waals surface area contributed by atoms with Crippen LogP contribution in [0.1, 0.15) is 258 Å². The van der Waals surface area contributed by atoms with E-state index in [0.717, 1.165) is 51.6 Å². The van der Waals surface area contributed by atoms with E-state index >= 15 is 0 Å². The van der Waals surface area contributed by atoms with Crippen LogP contribution in [0.5, 0.6) is 0 Å². The number of rotatable bonds is 40. The summed E-state index contributed by atoms with van der Waals surface area (Å²) in [4.78, 5) is 34.1. The van der Waals surface area contributed by atoms with E-state index in [4.69, 9.17) is 5.73 Å². The molecule has 0 saturated heterocycles. The summed E-state index contributed by atoms with van der Waals surface area (Å²) in [5.74, 6) is 0.208. The Hall–Kier alpha value is -1.59. The predicted molar refractivity (Wildman–Crippen MR) is 223 cm³/mol. The molecule has 0 aromatic carbocycles. The first-order chi connectivity index (χ1) is 25.0. The molecule has 0 atom stereocenters. The third kappa shape index (κ3) is 50.6. The normalized spacial score (nSPS) is 10.9. The van der Waals surface area contributed by atoms with Crippen molar-refractivity contribution in [1.82, 2.24) is 10.6 Å². The number of carbonyl (C=O) groups excluding carboxylic acids is 3. The highest BCUT2D eigenvalue weighted by Crippen LogP contribution is 2.15. The highest BCUT2D eigenvalue weighted by molar-refractivity contribution is 5.76. The van der Waals surface area contributed by atoms with Gasteiger partial charge in [0.2, 0.25) is 17.7 Å². The highest BCUT2D eigenvalue weighted by Gasteiger charge is 2.03. The van der Waals surface area contributed by atoms with Gasteiger partial charge < -0.3 is 16.4 Å². The number of amides is 3. The zero-order chi connectivity index (χ0) is 37.7. The molecule has 6 nitrogen and oxygen atoms in total. The summed E-state index contributed by atoms with van der Waals surface area (Å²) < 4.78 is 0. The van der Waals surface area contributed by atoms with Gasteiger partial charge in [-0.05, 0) is 32.1 Å². The molecule has 0 aromatic rings. The van der Waals surface area contributed by atoms with Crippen LogP contribution < -0.4 is 16.4 Å². The Balaban J connectivity index is 0. The number of carbonyl (C=O) groups is 3. The number of primary amides is 1. The SMILES string of the molecule is CCCCCCCCCCCCCCCC(N)=O.CCCCCCCCCCCCCCCCCC(=O)NCCCCCC(=O)NCCCCC. The van der Waals surface area contributed by atoms with Gasteiger partial charge in [0.05, 0.1) is 0 Å². The van der Waals surface area contributed by atoms with Crippen LogP contribution in [0.3, 0.4) is 0 Å². The lowest BCUT2D eigenvalue weighted by atomic mass is 10.0. The molecule has 0 fully saturated rings. The molecule has 0 bridgehead atoms. The van der Waals surface area contributed by atoms with E-state index in [2.05, 4.69) is 31.4 Å². The van der Waals surface area contributed by atoms with Crippen molar-refractivity contribution in [3.05, 3.63) is 0 Å². The second kappa shape index (κ2) is 46.4. The van der Waals surface area contributed by atoms with Gasteiger partial charge in [0.1, 0.15) is 0 Å². The molecule has 0 rings (SSSR count). The zero-order valence-corrected chi connectivity index (χ0v) is 34.9. The number of hydrogen-bond acceptors (Lipinski definition) is 3. The standard InChI is InChI=1S/C29H58N2O2.C16H33NO/c1-3-5-7-8-9-10-11-12-13-14-15-16-17-18-20-24-28(32)31-27-23-19-21-25-29(33)30-26-22-6-4-2;1-2-3-4-5-6-7-8-9-10-11-12-13-14-15-16(17)18/h3-27H2,1-2H3,(H,30,33)(H,31,32);2-15H2,1H3,(H2,17,18). The highest BCUT2D eigenvalue weighted by atomic mass is 16.2. The summed E-state index contributed by atoms with van der Waals surface area (Å²) in [7, 11) is 0. The first-order valence-corrected chi connectivity index (χ1v) is 22.8. The number of hydrogen-bond donors (Lipinski definition) is 3. The van der Waals surface area contributed by atoms with E-state index in [9.17, 15) is 14.4 Å². The van der Waals surface area contributed by atoms with Gasteiger partial charge in [-0.1, -0.05) is 207 Å². The molecule has 0 aliphatic rings. The summed E-state index contributed by atoms with van der Waals surface area (Å²) >= 11 is 0. The van der Waals surface area contributed by atoms with E-state index < -0.39 is 0 Å². The molecule has 304 valence electrons. The van der Waals surface area contributed by atoms with E-state index in [-0.39, 0.29) is 17.7 Å². The molecule has 4 N–H and O–H groups in total. The van der Waals surface area contributed by atoms with Crippen molar-refractivity contribution in [2.75, 3.05) is 13.1 Å². The summed E-state index contributed by atoms with van der Waals surface area (Å²) in [5.41, 5.74) is 5.09. The third-order valence-corrected chi connectivity index (χ3v) is 10.0. The molecular weight excluding hydrogens is 631 g/mol. The molecule has 0 unspecified atom stereocenters. The largest absolute Gasteiger partial charge is 0.370 e. The lowest BCUT2D eigenvalue weighted by molar-refractivity contribution is -0.122. The van der Waals surface area contributed by atoms with Crippen LogP contribution in [0.4, 0.5) is 0 Å². The summed E-state index contributed by atoms with van der Waals surface area (Å²) in [6.45, 7) is 8.27. The fraction of sp³-hybridized carbons (Fsp3) is 0.933. The van der Waals surface area contributed by atoms with Crippen molar-refractivity contribution in [3.8, 4) is 0 Å². The first-order valence-electron chi connectivity index (χ1n) is 22.8. The van der Waals surface area contributed by atoms with Gasteiger partial charge in [0.25, 0.3) is 0 Å². The fourth-order valence-electron chi connectivity index (χ4n) is 6.57.